The minimum Gasteiger partial charge on any atom is -0.507 e. The van der Waals surface area contributed by atoms with Gasteiger partial charge in [0.25, 0.3) is 0 Å². The van der Waals surface area contributed by atoms with E-state index in [-0.39, 0.29) is 29.3 Å². The van der Waals surface area contributed by atoms with Crippen LogP contribution in [0.15, 0.2) is 18.2 Å². The summed E-state index contributed by atoms with van der Waals surface area (Å²) in [6.45, 7) is 3.50. The smallest absolute Gasteiger partial charge is 0.342 e. The first-order chi connectivity index (χ1) is 7.99. The second-order valence-electron chi connectivity index (χ2n) is 3.40. The summed E-state index contributed by atoms with van der Waals surface area (Å²) in [4.78, 5) is 23.1. The van der Waals surface area contributed by atoms with Crippen molar-refractivity contribution >= 4 is 27.7 Å². The van der Waals surface area contributed by atoms with Crippen molar-refractivity contribution in [3.63, 3.8) is 0 Å². The zero-order valence-corrected chi connectivity index (χ0v) is 11.2. The van der Waals surface area contributed by atoms with Crippen LogP contribution in [-0.2, 0) is 4.74 Å². The Bertz CT molecular complexity index is 440. The van der Waals surface area contributed by atoms with Gasteiger partial charge in [0.15, 0.2) is 5.78 Å². The van der Waals surface area contributed by atoms with E-state index in [2.05, 4.69) is 15.9 Å². The Kier molecular flexibility index (Phi) is 4.69. The van der Waals surface area contributed by atoms with Crippen molar-refractivity contribution in [2.24, 2.45) is 0 Å². The Hall–Kier alpha value is -1.36. The molecule has 0 aliphatic heterocycles. The minimum atomic E-state index is -0.693. The molecule has 0 fully saturated rings. The highest BCUT2D eigenvalue weighted by Crippen LogP contribution is 2.24. The summed E-state index contributed by atoms with van der Waals surface area (Å²) in [5.41, 5.74) is 0.0819. The van der Waals surface area contributed by atoms with E-state index >= 15 is 0 Å². The van der Waals surface area contributed by atoms with Crippen molar-refractivity contribution in [2.45, 2.75) is 18.7 Å². The molecule has 0 amide bonds. The Balaban J connectivity index is 3.26. The normalized spacial score (nSPS) is 11.9. The van der Waals surface area contributed by atoms with Crippen molar-refractivity contribution in [1.29, 1.82) is 0 Å². The lowest BCUT2D eigenvalue weighted by molar-refractivity contribution is 0.0519. The molecule has 4 nitrogen and oxygen atoms in total. The van der Waals surface area contributed by atoms with Gasteiger partial charge in [0.1, 0.15) is 11.3 Å². The van der Waals surface area contributed by atoms with Crippen LogP contribution in [0.4, 0.5) is 0 Å². The van der Waals surface area contributed by atoms with E-state index in [1.807, 2.05) is 0 Å². The first-order valence-electron chi connectivity index (χ1n) is 5.16. The zero-order valence-electron chi connectivity index (χ0n) is 9.57. The second kappa shape index (κ2) is 5.82. The number of Topliss-reactive ketones (excluding diaryl/α,β-unsaturated/α-hetero) is 1. The van der Waals surface area contributed by atoms with Crippen molar-refractivity contribution in [3.05, 3.63) is 29.3 Å². The number of rotatable bonds is 4. The Morgan fingerprint density at radius 2 is 2.12 bits per heavy atom. The first kappa shape index (κ1) is 13.7. The molecule has 1 aromatic carbocycles. The molecule has 0 heterocycles. The second-order valence-corrected chi connectivity index (χ2v) is 4.77. The van der Waals surface area contributed by atoms with E-state index in [1.165, 1.54) is 18.2 Å². The Morgan fingerprint density at radius 1 is 1.47 bits per heavy atom. The molecule has 1 atom stereocenters. The molecular formula is C12H13BrO4. The lowest BCUT2D eigenvalue weighted by Gasteiger charge is -2.10. The van der Waals surface area contributed by atoms with Crippen molar-refractivity contribution in [3.8, 4) is 5.75 Å². The first-order valence-corrected chi connectivity index (χ1v) is 6.08. The molecular weight excluding hydrogens is 288 g/mol. The summed E-state index contributed by atoms with van der Waals surface area (Å²) in [6, 6.07) is 4.36. The SMILES string of the molecule is CCOC(=O)c1c(O)cccc1C(=O)C(C)Br. The summed E-state index contributed by atoms with van der Waals surface area (Å²) in [7, 11) is 0. The third-order valence-corrected chi connectivity index (χ3v) is 2.56. The molecule has 1 rings (SSSR count). The van der Waals surface area contributed by atoms with Crippen LogP contribution in [0.25, 0.3) is 0 Å². The van der Waals surface area contributed by atoms with Crippen LogP contribution in [0, 0.1) is 0 Å². The van der Waals surface area contributed by atoms with Crippen LogP contribution in [-0.4, -0.2) is 28.3 Å². The van der Waals surface area contributed by atoms with Crippen LogP contribution < -0.4 is 0 Å². The highest BCUT2D eigenvalue weighted by Gasteiger charge is 2.23. The number of carbonyl (C=O) groups excluding carboxylic acids is 2. The van der Waals surface area contributed by atoms with Crippen LogP contribution in [0.2, 0.25) is 0 Å². The molecule has 0 bridgehead atoms. The number of phenols is 1. The van der Waals surface area contributed by atoms with E-state index in [0.29, 0.717) is 0 Å². The van der Waals surface area contributed by atoms with Crippen LogP contribution in [0.1, 0.15) is 34.6 Å². The molecule has 0 radical (unpaired) electrons. The number of alkyl halides is 1. The Morgan fingerprint density at radius 3 is 2.65 bits per heavy atom. The number of ether oxygens (including phenoxy) is 1. The number of hydrogen-bond donors (Lipinski definition) is 1. The van der Waals surface area contributed by atoms with Crippen LogP contribution in [0.5, 0.6) is 5.75 Å². The fourth-order valence-corrected chi connectivity index (χ4v) is 1.62. The van der Waals surface area contributed by atoms with Gasteiger partial charge in [-0.25, -0.2) is 4.79 Å². The standard InChI is InChI=1S/C12H13BrO4/c1-3-17-12(16)10-8(11(15)7(2)13)5-4-6-9(10)14/h4-7,14H,3H2,1-2H3. The van der Waals surface area contributed by atoms with Gasteiger partial charge in [-0.3, -0.25) is 4.79 Å². The van der Waals surface area contributed by atoms with Crippen molar-refractivity contribution < 1.29 is 19.4 Å². The van der Waals surface area contributed by atoms with Gasteiger partial charge in [-0.05, 0) is 19.9 Å². The average Bonchev–Trinajstić information content (AvgIpc) is 2.27. The average molecular weight is 301 g/mol. The summed E-state index contributed by atoms with van der Waals surface area (Å²) >= 11 is 3.14. The largest absolute Gasteiger partial charge is 0.507 e. The van der Waals surface area contributed by atoms with Gasteiger partial charge >= 0.3 is 5.97 Å². The number of esters is 1. The van der Waals surface area contributed by atoms with E-state index in [0.717, 1.165) is 0 Å². The summed E-state index contributed by atoms with van der Waals surface area (Å²) in [6.07, 6.45) is 0. The minimum absolute atomic E-state index is 0.0781. The number of carbonyl (C=O) groups is 2. The van der Waals surface area contributed by atoms with Crippen molar-refractivity contribution in [2.75, 3.05) is 6.61 Å². The highest BCUT2D eigenvalue weighted by atomic mass is 79.9. The molecule has 92 valence electrons. The molecule has 0 saturated heterocycles. The maximum absolute atomic E-state index is 11.9. The predicted octanol–water partition coefficient (Wildman–Crippen LogP) is 2.54. The molecule has 17 heavy (non-hydrogen) atoms. The van der Waals surface area contributed by atoms with E-state index in [9.17, 15) is 14.7 Å². The fraction of sp³-hybridized carbons (Fsp3) is 0.333. The number of phenolic OH excluding ortho intramolecular Hbond substituents is 1. The van der Waals surface area contributed by atoms with Gasteiger partial charge < -0.3 is 9.84 Å². The summed E-state index contributed by atoms with van der Waals surface area (Å²) in [5.74, 6) is -1.21. The quantitative estimate of drug-likeness (QED) is 0.527. The van der Waals surface area contributed by atoms with Gasteiger partial charge in [-0.2, -0.15) is 0 Å². The molecule has 5 heteroatoms. The van der Waals surface area contributed by atoms with Gasteiger partial charge in [0, 0.05) is 5.56 Å². The highest BCUT2D eigenvalue weighted by molar-refractivity contribution is 9.10. The number of benzene rings is 1. The molecule has 1 unspecified atom stereocenters. The van der Waals surface area contributed by atoms with Gasteiger partial charge in [-0.1, -0.05) is 28.1 Å². The van der Waals surface area contributed by atoms with E-state index in [1.54, 1.807) is 13.8 Å². The molecule has 0 aliphatic rings. The number of hydrogen-bond acceptors (Lipinski definition) is 4. The maximum Gasteiger partial charge on any atom is 0.342 e. The van der Waals surface area contributed by atoms with Gasteiger partial charge in [-0.15, -0.1) is 0 Å². The Labute approximate surface area is 108 Å². The monoisotopic (exact) mass is 300 g/mol. The third kappa shape index (κ3) is 3.06. The van der Waals surface area contributed by atoms with Crippen LogP contribution in [0.3, 0.4) is 0 Å². The third-order valence-electron chi connectivity index (χ3n) is 2.15. The number of halogens is 1. The van der Waals surface area contributed by atoms with Gasteiger partial charge in [0.05, 0.1) is 11.4 Å². The molecule has 1 N–H and O–H groups in total. The predicted molar refractivity (Wildman–Crippen MR) is 66.8 cm³/mol. The van der Waals surface area contributed by atoms with E-state index in [4.69, 9.17) is 4.74 Å². The summed E-state index contributed by atoms with van der Waals surface area (Å²) < 4.78 is 4.81. The lowest BCUT2D eigenvalue weighted by Crippen LogP contribution is -2.16. The lowest BCUT2D eigenvalue weighted by atomic mass is 10.0. The van der Waals surface area contributed by atoms with Crippen molar-refractivity contribution in [1.82, 2.24) is 0 Å². The maximum atomic E-state index is 11.9. The molecule has 0 spiro atoms. The summed E-state index contributed by atoms with van der Waals surface area (Å²) in [5, 5.41) is 9.65. The van der Waals surface area contributed by atoms with E-state index < -0.39 is 10.8 Å². The fourth-order valence-electron chi connectivity index (χ4n) is 1.38. The van der Waals surface area contributed by atoms with Crippen LogP contribution >= 0.6 is 15.9 Å². The van der Waals surface area contributed by atoms with Gasteiger partial charge in [0.2, 0.25) is 0 Å². The molecule has 1 aromatic rings. The topological polar surface area (TPSA) is 63.6 Å². The number of ketones is 1. The zero-order chi connectivity index (χ0) is 13.0. The molecule has 0 saturated carbocycles. The molecule has 0 aliphatic carbocycles. The molecule has 0 aromatic heterocycles. The number of aromatic hydroxyl groups is 1.